The van der Waals surface area contributed by atoms with Crippen LogP contribution in [-0.4, -0.2) is 13.4 Å². The minimum Gasteiger partial charge on any atom is -0.237 e. The van der Waals surface area contributed by atoms with Crippen molar-refractivity contribution in [2.75, 3.05) is 0 Å². The molecule has 2 aromatic rings. The van der Waals surface area contributed by atoms with Gasteiger partial charge in [-0.3, -0.25) is 0 Å². The Labute approximate surface area is 144 Å². The molecule has 0 saturated heterocycles. The summed E-state index contributed by atoms with van der Waals surface area (Å²) < 4.78 is 27.4. The van der Waals surface area contributed by atoms with Gasteiger partial charge in [0.25, 0.3) is 10.0 Å². The van der Waals surface area contributed by atoms with Gasteiger partial charge < -0.3 is 0 Å². The summed E-state index contributed by atoms with van der Waals surface area (Å²) in [5.74, 6) is 0. The third kappa shape index (κ3) is 3.65. The van der Waals surface area contributed by atoms with E-state index in [0.29, 0.717) is 21.8 Å². The highest BCUT2D eigenvalue weighted by molar-refractivity contribution is 7.89. The highest BCUT2D eigenvalue weighted by Gasteiger charge is 2.24. The summed E-state index contributed by atoms with van der Waals surface area (Å²) in [6.45, 7) is 3.17. The monoisotopic (exact) mass is 369 g/mol. The Hall–Kier alpha value is -1.65. The number of hydrogen-bond acceptors (Lipinski definition) is 4. The maximum absolute atomic E-state index is 12.5. The first kappa shape index (κ1) is 17.7. The fourth-order valence-electron chi connectivity index (χ4n) is 2.01. The Bertz CT molecular complexity index is 906. The van der Waals surface area contributed by atoms with Crippen LogP contribution in [0.4, 0.5) is 0 Å². The summed E-state index contributed by atoms with van der Waals surface area (Å²) in [6.07, 6.45) is 0. The predicted molar refractivity (Wildman–Crippen MR) is 88.9 cm³/mol. The SMILES string of the molecule is Cc1nc(S(=O)(=O)NCc2ccccc2Cl)c(C#N)c(C)c1Cl. The lowest BCUT2D eigenvalue weighted by molar-refractivity contribution is 0.576. The van der Waals surface area contributed by atoms with Crippen molar-refractivity contribution in [1.82, 2.24) is 9.71 Å². The van der Waals surface area contributed by atoms with Crippen LogP contribution in [0, 0.1) is 25.2 Å². The number of nitriles is 1. The molecule has 1 aromatic heterocycles. The minimum atomic E-state index is -3.98. The topological polar surface area (TPSA) is 82.8 Å². The fraction of sp³-hybridized carbons (Fsp3) is 0.200. The molecule has 0 aliphatic rings. The number of nitrogens with one attached hydrogen (secondary N) is 1. The second kappa shape index (κ2) is 6.85. The van der Waals surface area contributed by atoms with Gasteiger partial charge in [-0.1, -0.05) is 41.4 Å². The maximum atomic E-state index is 12.5. The highest BCUT2D eigenvalue weighted by Crippen LogP contribution is 2.26. The van der Waals surface area contributed by atoms with Gasteiger partial charge in [0.05, 0.1) is 16.3 Å². The first-order valence-corrected chi connectivity index (χ1v) is 8.81. The fourth-order valence-corrected chi connectivity index (χ4v) is 3.55. The van der Waals surface area contributed by atoms with Crippen LogP contribution in [0.2, 0.25) is 10.0 Å². The molecule has 0 radical (unpaired) electrons. The number of nitrogens with zero attached hydrogens (tertiary/aromatic N) is 2. The van der Waals surface area contributed by atoms with Crippen molar-refractivity contribution < 1.29 is 8.42 Å². The zero-order valence-corrected chi connectivity index (χ0v) is 14.7. The Morgan fingerprint density at radius 3 is 2.52 bits per heavy atom. The minimum absolute atomic E-state index is 0.00469. The molecular formula is C15H13Cl2N3O2S. The van der Waals surface area contributed by atoms with Crippen LogP contribution in [-0.2, 0) is 16.6 Å². The zero-order chi connectivity index (χ0) is 17.2. The molecule has 1 heterocycles. The van der Waals surface area contributed by atoms with E-state index in [2.05, 4.69) is 9.71 Å². The molecule has 1 N–H and O–H groups in total. The van der Waals surface area contributed by atoms with Crippen LogP contribution in [0.25, 0.3) is 0 Å². The van der Waals surface area contributed by atoms with Crippen molar-refractivity contribution in [2.24, 2.45) is 0 Å². The van der Waals surface area contributed by atoms with Gasteiger partial charge in [-0.15, -0.1) is 0 Å². The van der Waals surface area contributed by atoms with Gasteiger partial charge in [0.1, 0.15) is 6.07 Å². The van der Waals surface area contributed by atoms with Gasteiger partial charge in [0.2, 0.25) is 0 Å². The quantitative estimate of drug-likeness (QED) is 0.895. The third-order valence-electron chi connectivity index (χ3n) is 3.28. The van der Waals surface area contributed by atoms with Crippen molar-refractivity contribution in [2.45, 2.75) is 25.4 Å². The smallest absolute Gasteiger partial charge is 0.237 e. The summed E-state index contributed by atoms with van der Waals surface area (Å²) >= 11 is 12.0. The third-order valence-corrected chi connectivity index (χ3v) is 5.54. The Balaban J connectivity index is 2.41. The summed E-state index contributed by atoms with van der Waals surface area (Å²) in [6, 6.07) is 8.74. The zero-order valence-electron chi connectivity index (χ0n) is 12.4. The summed E-state index contributed by atoms with van der Waals surface area (Å²) in [5, 5.41) is 9.65. The van der Waals surface area contributed by atoms with Gasteiger partial charge >= 0.3 is 0 Å². The van der Waals surface area contributed by atoms with Crippen molar-refractivity contribution in [1.29, 1.82) is 5.26 Å². The van der Waals surface area contributed by atoms with Crippen LogP contribution in [0.1, 0.15) is 22.4 Å². The second-order valence-electron chi connectivity index (χ2n) is 4.84. The van der Waals surface area contributed by atoms with E-state index in [1.807, 2.05) is 6.07 Å². The molecule has 5 nitrogen and oxygen atoms in total. The van der Waals surface area contributed by atoms with Crippen LogP contribution < -0.4 is 4.72 Å². The largest absolute Gasteiger partial charge is 0.259 e. The van der Waals surface area contributed by atoms with Crippen molar-refractivity contribution in [3.8, 4) is 6.07 Å². The molecular weight excluding hydrogens is 357 g/mol. The maximum Gasteiger partial charge on any atom is 0.259 e. The molecule has 0 unspecified atom stereocenters. The molecule has 0 aliphatic carbocycles. The number of rotatable bonds is 4. The van der Waals surface area contributed by atoms with E-state index in [0.717, 1.165) is 0 Å². The molecule has 0 saturated carbocycles. The second-order valence-corrected chi connectivity index (χ2v) is 7.31. The lowest BCUT2D eigenvalue weighted by Crippen LogP contribution is -2.26. The molecule has 1 aromatic carbocycles. The van der Waals surface area contributed by atoms with Crippen LogP contribution in [0.15, 0.2) is 29.3 Å². The van der Waals surface area contributed by atoms with E-state index in [-0.39, 0.29) is 22.2 Å². The number of hydrogen-bond donors (Lipinski definition) is 1. The Kier molecular flexibility index (Phi) is 5.27. The predicted octanol–water partition coefficient (Wildman–Crippen LogP) is 3.36. The van der Waals surface area contributed by atoms with Gasteiger partial charge in [-0.05, 0) is 31.0 Å². The molecule has 0 atom stereocenters. The van der Waals surface area contributed by atoms with E-state index in [4.69, 9.17) is 23.2 Å². The molecule has 8 heteroatoms. The van der Waals surface area contributed by atoms with Gasteiger partial charge in [0, 0.05) is 11.6 Å². The number of halogens is 2. The average molecular weight is 370 g/mol. The average Bonchev–Trinajstić information content (AvgIpc) is 2.51. The number of aromatic nitrogens is 1. The van der Waals surface area contributed by atoms with Crippen molar-refractivity contribution >= 4 is 33.2 Å². The van der Waals surface area contributed by atoms with E-state index in [1.165, 1.54) is 0 Å². The Morgan fingerprint density at radius 1 is 1.26 bits per heavy atom. The lowest BCUT2D eigenvalue weighted by atomic mass is 10.1. The van der Waals surface area contributed by atoms with Crippen molar-refractivity contribution in [3.05, 3.63) is 56.7 Å². The summed E-state index contributed by atoms with van der Waals surface area (Å²) in [4.78, 5) is 3.97. The first-order valence-electron chi connectivity index (χ1n) is 6.57. The van der Waals surface area contributed by atoms with Crippen molar-refractivity contribution in [3.63, 3.8) is 0 Å². The van der Waals surface area contributed by atoms with Gasteiger partial charge in [-0.25, -0.2) is 18.1 Å². The number of sulfonamides is 1. The van der Waals surface area contributed by atoms with E-state index in [1.54, 1.807) is 38.1 Å². The van der Waals surface area contributed by atoms with Crippen LogP contribution in [0.5, 0.6) is 0 Å². The van der Waals surface area contributed by atoms with Crippen LogP contribution in [0.3, 0.4) is 0 Å². The van der Waals surface area contributed by atoms with Crippen LogP contribution >= 0.6 is 23.2 Å². The summed E-state index contributed by atoms with van der Waals surface area (Å²) in [5.41, 5.74) is 1.30. The Morgan fingerprint density at radius 2 is 1.91 bits per heavy atom. The molecule has 2 rings (SSSR count). The number of aryl methyl sites for hydroxylation is 1. The molecule has 23 heavy (non-hydrogen) atoms. The van der Waals surface area contributed by atoms with E-state index in [9.17, 15) is 13.7 Å². The molecule has 0 fully saturated rings. The van der Waals surface area contributed by atoms with Gasteiger partial charge in [-0.2, -0.15) is 5.26 Å². The van der Waals surface area contributed by atoms with E-state index < -0.39 is 10.0 Å². The standard InChI is InChI=1S/C15H13Cl2N3O2S/c1-9-12(7-18)15(20-10(2)14(9)17)23(21,22)19-8-11-5-3-4-6-13(11)16/h3-6,19H,8H2,1-2H3. The molecule has 0 amide bonds. The lowest BCUT2D eigenvalue weighted by Gasteiger charge is -2.12. The normalized spacial score (nSPS) is 11.3. The van der Waals surface area contributed by atoms with Gasteiger partial charge in [0.15, 0.2) is 5.03 Å². The first-order chi connectivity index (χ1) is 10.8. The number of pyridine rings is 1. The molecule has 0 aliphatic heterocycles. The number of benzene rings is 1. The summed E-state index contributed by atoms with van der Waals surface area (Å²) in [7, 11) is -3.98. The van der Waals surface area contributed by atoms with E-state index >= 15 is 0 Å². The molecule has 0 bridgehead atoms. The molecule has 0 spiro atoms. The highest BCUT2D eigenvalue weighted by atomic mass is 35.5. The molecule has 120 valence electrons.